The molecule has 1 aromatic carbocycles. The number of esters is 1. The first-order valence-corrected chi connectivity index (χ1v) is 7.83. The van der Waals surface area contributed by atoms with Gasteiger partial charge in [0.25, 0.3) is 0 Å². The maximum absolute atomic E-state index is 12.5. The van der Waals surface area contributed by atoms with E-state index < -0.39 is 5.41 Å². The molecule has 0 unspecified atom stereocenters. The van der Waals surface area contributed by atoms with E-state index in [9.17, 15) is 4.79 Å². The second-order valence-corrected chi connectivity index (χ2v) is 5.99. The minimum absolute atomic E-state index is 0.159. The van der Waals surface area contributed by atoms with Crippen molar-refractivity contribution in [3.05, 3.63) is 53.9 Å². The first kappa shape index (κ1) is 15.5. The normalized spacial score (nSPS) is 16.9. The van der Waals surface area contributed by atoms with Crippen molar-refractivity contribution in [1.82, 2.24) is 9.97 Å². The van der Waals surface area contributed by atoms with Crippen LogP contribution in [0.5, 0.6) is 0 Å². The maximum atomic E-state index is 12.5. The van der Waals surface area contributed by atoms with Crippen LogP contribution in [0.4, 0.5) is 5.95 Å². The highest BCUT2D eigenvalue weighted by molar-refractivity contribution is 5.83. The van der Waals surface area contributed by atoms with Crippen molar-refractivity contribution >= 4 is 11.9 Å². The van der Waals surface area contributed by atoms with Gasteiger partial charge in [0.1, 0.15) is 0 Å². The second-order valence-electron chi connectivity index (χ2n) is 5.99. The van der Waals surface area contributed by atoms with E-state index in [0.717, 1.165) is 30.2 Å². The van der Waals surface area contributed by atoms with Crippen molar-refractivity contribution < 1.29 is 9.53 Å². The smallest absolute Gasteiger partial charge is 0.316 e. The Kier molecular flexibility index (Phi) is 4.28. The highest BCUT2D eigenvalue weighted by Crippen LogP contribution is 2.37. The number of rotatable bonds is 3. The highest BCUT2D eigenvalue weighted by atomic mass is 16.5. The Morgan fingerprint density at radius 2 is 1.74 bits per heavy atom. The topological polar surface area (TPSA) is 55.3 Å². The molecule has 1 aliphatic heterocycles. The number of carbonyl (C=O) groups excluding carboxylic acids is 1. The van der Waals surface area contributed by atoms with Crippen LogP contribution in [-0.4, -0.2) is 36.1 Å². The molecule has 5 nitrogen and oxygen atoms in total. The zero-order valence-corrected chi connectivity index (χ0v) is 13.5. The van der Waals surface area contributed by atoms with Crippen LogP contribution in [0.1, 0.15) is 24.0 Å². The third-order valence-corrected chi connectivity index (χ3v) is 4.57. The molecule has 2 heterocycles. The van der Waals surface area contributed by atoms with Gasteiger partial charge < -0.3 is 9.64 Å². The minimum Gasteiger partial charge on any atom is -0.468 e. The number of hydrogen-bond donors (Lipinski definition) is 0. The summed E-state index contributed by atoms with van der Waals surface area (Å²) in [6.45, 7) is 3.43. The van der Waals surface area contributed by atoms with Crippen molar-refractivity contribution in [3.8, 4) is 0 Å². The van der Waals surface area contributed by atoms with Gasteiger partial charge in [-0.25, -0.2) is 9.97 Å². The summed E-state index contributed by atoms with van der Waals surface area (Å²) >= 11 is 0. The van der Waals surface area contributed by atoms with Crippen LogP contribution in [0, 0.1) is 6.92 Å². The third kappa shape index (κ3) is 2.91. The van der Waals surface area contributed by atoms with Gasteiger partial charge in [-0.3, -0.25) is 4.79 Å². The molecule has 0 saturated carbocycles. The number of carbonyl (C=O) groups is 1. The second kappa shape index (κ2) is 6.36. The number of hydrogen-bond acceptors (Lipinski definition) is 5. The van der Waals surface area contributed by atoms with Crippen LogP contribution < -0.4 is 4.90 Å². The molecule has 0 amide bonds. The van der Waals surface area contributed by atoms with E-state index in [-0.39, 0.29) is 5.97 Å². The van der Waals surface area contributed by atoms with Crippen molar-refractivity contribution in [2.45, 2.75) is 25.2 Å². The molecule has 120 valence electrons. The zero-order valence-electron chi connectivity index (χ0n) is 13.5. The molecule has 2 aromatic rings. The van der Waals surface area contributed by atoms with E-state index in [4.69, 9.17) is 4.74 Å². The average molecular weight is 311 g/mol. The molecular formula is C18H21N3O2. The summed E-state index contributed by atoms with van der Waals surface area (Å²) in [5, 5.41) is 0. The first-order valence-electron chi connectivity index (χ1n) is 7.83. The number of benzene rings is 1. The summed E-state index contributed by atoms with van der Waals surface area (Å²) in [5.41, 5.74) is 1.49. The monoisotopic (exact) mass is 311 g/mol. The van der Waals surface area contributed by atoms with Gasteiger partial charge in [0.05, 0.1) is 12.5 Å². The largest absolute Gasteiger partial charge is 0.468 e. The van der Waals surface area contributed by atoms with Gasteiger partial charge in [-0.2, -0.15) is 0 Å². The molecule has 0 aliphatic carbocycles. The van der Waals surface area contributed by atoms with Gasteiger partial charge in [0.2, 0.25) is 5.95 Å². The van der Waals surface area contributed by atoms with E-state index >= 15 is 0 Å². The number of methoxy groups -OCH3 is 1. The molecule has 1 fully saturated rings. The van der Waals surface area contributed by atoms with Crippen LogP contribution in [0.15, 0.2) is 42.7 Å². The molecule has 0 spiro atoms. The standard InChI is InChI=1S/C18H21N3O2/c1-14-12-19-17(20-13-14)21-10-8-18(9-11-21,16(22)23-2)15-6-4-3-5-7-15/h3-7,12-13H,8-11H2,1-2H3. The van der Waals surface area contributed by atoms with Crippen LogP contribution in [0.25, 0.3) is 0 Å². The van der Waals surface area contributed by atoms with Crippen LogP contribution in [-0.2, 0) is 14.9 Å². The lowest BCUT2D eigenvalue weighted by molar-refractivity contribution is -0.148. The molecule has 0 bridgehead atoms. The van der Waals surface area contributed by atoms with Crippen molar-refractivity contribution in [2.24, 2.45) is 0 Å². The average Bonchev–Trinajstić information content (AvgIpc) is 2.62. The molecule has 5 heteroatoms. The molecule has 1 saturated heterocycles. The lowest BCUT2D eigenvalue weighted by atomic mass is 9.73. The highest BCUT2D eigenvalue weighted by Gasteiger charge is 2.44. The Hall–Kier alpha value is -2.43. The van der Waals surface area contributed by atoms with Crippen molar-refractivity contribution in [1.29, 1.82) is 0 Å². The van der Waals surface area contributed by atoms with Gasteiger partial charge in [-0.05, 0) is 30.9 Å². The summed E-state index contributed by atoms with van der Waals surface area (Å²) in [5.74, 6) is 0.565. The summed E-state index contributed by atoms with van der Waals surface area (Å²) < 4.78 is 5.12. The predicted octanol–water partition coefficient (Wildman–Crippen LogP) is 2.50. The summed E-state index contributed by atoms with van der Waals surface area (Å²) in [4.78, 5) is 23.4. The molecule has 0 N–H and O–H groups in total. The number of nitrogens with zero attached hydrogens (tertiary/aromatic N) is 3. The fraction of sp³-hybridized carbons (Fsp3) is 0.389. The molecule has 0 radical (unpaired) electrons. The van der Waals surface area contributed by atoms with Gasteiger partial charge in [0.15, 0.2) is 0 Å². The Labute approximate surface area is 136 Å². The predicted molar refractivity (Wildman–Crippen MR) is 88.4 cm³/mol. The lowest BCUT2D eigenvalue weighted by Crippen LogP contribution is -2.48. The van der Waals surface area contributed by atoms with E-state index in [1.807, 2.05) is 49.6 Å². The number of aromatic nitrogens is 2. The van der Waals surface area contributed by atoms with Gasteiger partial charge >= 0.3 is 5.97 Å². The van der Waals surface area contributed by atoms with Crippen molar-refractivity contribution in [3.63, 3.8) is 0 Å². The Morgan fingerprint density at radius 3 is 2.30 bits per heavy atom. The lowest BCUT2D eigenvalue weighted by Gasteiger charge is -2.40. The molecule has 1 aliphatic rings. The quantitative estimate of drug-likeness (QED) is 0.815. The summed E-state index contributed by atoms with van der Waals surface area (Å²) in [6.07, 6.45) is 5.03. The number of anilines is 1. The van der Waals surface area contributed by atoms with Gasteiger partial charge in [-0.1, -0.05) is 30.3 Å². The molecule has 23 heavy (non-hydrogen) atoms. The zero-order chi connectivity index (χ0) is 16.3. The Bertz CT molecular complexity index is 662. The molecular weight excluding hydrogens is 290 g/mol. The van der Waals surface area contributed by atoms with E-state index in [1.165, 1.54) is 7.11 Å². The van der Waals surface area contributed by atoms with E-state index in [1.54, 1.807) is 0 Å². The third-order valence-electron chi connectivity index (χ3n) is 4.57. The Balaban J connectivity index is 1.83. The maximum Gasteiger partial charge on any atom is 0.316 e. The number of aryl methyl sites for hydroxylation is 1. The fourth-order valence-corrected chi connectivity index (χ4v) is 3.20. The fourth-order valence-electron chi connectivity index (χ4n) is 3.20. The number of ether oxygens (including phenoxy) is 1. The first-order chi connectivity index (χ1) is 11.2. The summed E-state index contributed by atoms with van der Waals surface area (Å²) in [6, 6.07) is 9.92. The van der Waals surface area contributed by atoms with Crippen molar-refractivity contribution in [2.75, 3.05) is 25.1 Å². The summed E-state index contributed by atoms with van der Waals surface area (Å²) in [7, 11) is 1.46. The Morgan fingerprint density at radius 1 is 1.13 bits per heavy atom. The van der Waals surface area contributed by atoms with Crippen LogP contribution >= 0.6 is 0 Å². The molecule has 1 aromatic heterocycles. The van der Waals surface area contributed by atoms with E-state index in [2.05, 4.69) is 14.9 Å². The van der Waals surface area contributed by atoms with Crippen LogP contribution in [0.3, 0.4) is 0 Å². The SMILES string of the molecule is COC(=O)C1(c2ccccc2)CCN(c2ncc(C)cn2)CC1. The van der Waals surface area contributed by atoms with Gasteiger partial charge in [0, 0.05) is 25.5 Å². The number of piperidine rings is 1. The minimum atomic E-state index is -0.572. The molecule has 0 atom stereocenters. The van der Waals surface area contributed by atoms with Gasteiger partial charge in [-0.15, -0.1) is 0 Å². The van der Waals surface area contributed by atoms with Crippen LogP contribution in [0.2, 0.25) is 0 Å². The molecule has 3 rings (SSSR count). The van der Waals surface area contributed by atoms with E-state index in [0.29, 0.717) is 12.8 Å².